The van der Waals surface area contributed by atoms with Gasteiger partial charge in [-0.3, -0.25) is 19.3 Å². The number of ketones is 1. The molecular weight excluding hydrogens is 312 g/mol. The van der Waals surface area contributed by atoms with E-state index in [1.807, 2.05) is 6.92 Å². The fraction of sp³-hybridized carbons (Fsp3) is 0.412. The number of hydrogen-bond donors (Lipinski definition) is 1. The maximum absolute atomic E-state index is 12.2. The van der Waals surface area contributed by atoms with E-state index >= 15 is 0 Å². The molecule has 128 valence electrons. The van der Waals surface area contributed by atoms with Crippen molar-refractivity contribution in [3.05, 3.63) is 35.4 Å². The summed E-state index contributed by atoms with van der Waals surface area (Å²) in [6.45, 7) is 5.91. The molecule has 0 saturated carbocycles. The lowest BCUT2D eigenvalue weighted by Gasteiger charge is -2.17. The summed E-state index contributed by atoms with van der Waals surface area (Å²) in [5.41, 5.74) is 0.384. The number of carbonyl (C=O) groups excluding carboxylic acids is 4. The summed E-state index contributed by atoms with van der Waals surface area (Å²) in [5, 5.41) is 2.47. The summed E-state index contributed by atoms with van der Waals surface area (Å²) in [6, 6.07) is 6.23. The van der Waals surface area contributed by atoms with E-state index < -0.39 is 36.1 Å². The largest absolute Gasteiger partial charge is 0.453 e. The molecule has 7 heteroatoms. The van der Waals surface area contributed by atoms with Gasteiger partial charge in [0.15, 0.2) is 6.10 Å². The van der Waals surface area contributed by atoms with Gasteiger partial charge in [-0.2, -0.15) is 0 Å². The highest BCUT2D eigenvalue weighted by Gasteiger charge is 2.45. The Hall–Kier alpha value is -2.70. The molecule has 0 aromatic heterocycles. The number of Topliss-reactive ketones (excluding diaryl/α,β-unsaturated/α-hetero) is 1. The fourth-order valence-corrected chi connectivity index (χ4v) is 2.33. The van der Waals surface area contributed by atoms with Crippen LogP contribution in [0, 0.1) is 6.92 Å². The van der Waals surface area contributed by atoms with Crippen LogP contribution in [0.1, 0.15) is 36.7 Å². The molecule has 3 amide bonds. The van der Waals surface area contributed by atoms with E-state index in [0.717, 1.165) is 10.5 Å². The zero-order chi connectivity index (χ0) is 18.1. The lowest BCUT2D eigenvalue weighted by Crippen LogP contribution is -2.41. The number of imide groups is 1. The molecule has 0 radical (unpaired) electrons. The van der Waals surface area contributed by atoms with Crippen molar-refractivity contribution in [2.45, 2.75) is 39.3 Å². The number of urea groups is 1. The number of rotatable bonds is 5. The van der Waals surface area contributed by atoms with Crippen LogP contribution < -0.4 is 5.32 Å². The van der Waals surface area contributed by atoms with Crippen LogP contribution in [0.15, 0.2) is 24.3 Å². The molecule has 1 N–H and O–H groups in total. The molecule has 1 aliphatic heterocycles. The lowest BCUT2D eigenvalue weighted by molar-refractivity contribution is -0.149. The van der Waals surface area contributed by atoms with Gasteiger partial charge in [0.1, 0.15) is 12.1 Å². The molecule has 1 atom stereocenters. The molecule has 0 bridgehead atoms. The van der Waals surface area contributed by atoms with Gasteiger partial charge in [0, 0.05) is 5.56 Å². The smallest absolute Gasteiger partial charge is 0.326 e. The number of amides is 3. The first-order valence-corrected chi connectivity index (χ1v) is 7.56. The summed E-state index contributed by atoms with van der Waals surface area (Å²) in [7, 11) is 0. The van der Waals surface area contributed by atoms with Crippen molar-refractivity contribution in [2.75, 3.05) is 6.54 Å². The van der Waals surface area contributed by atoms with Gasteiger partial charge in [0.2, 0.25) is 5.78 Å². The zero-order valence-electron chi connectivity index (χ0n) is 14.1. The van der Waals surface area contributed by atoms with E-state index in [2.05, 4.69) is 5.32 Å². The number of aryl methyl sites for hydroxylation is 1. The molecule has 0 spiro atoms. The molecule has 0 aliphatic carbocycles. The second kappa shape index (κ2) is 6.43. The van der Waals surface area contributed by atoms with Crippen LogP contribution in [-0.4, -0.2) is 46.8 Å². The summed E-state index contributed by atoms with van der Waals surface area (Å²) in [6.07, 6.45) is -1.01. The number of benzene rings is 1. The first kappa shape index (κ1) is 17.7. The van der Waals surface area contributed by atoms with E-state index in [-0.39, 0.29) is 5.78 Å². The maximum atomic E-state index is 12.2. The second-order valence-corrected chi connectivity index (χ2v) is 6.31. The van der Waals surface area contributed by atoms with E-state index in [0.29, 0.717) is 5.56 Å². The Morgan fingerprint density at radius 1 is 1.21 bits per heavy atom. The van der Waals surface area contributed by atoms with Crippen LogP contribution in [0.4, 0.5) is 4.79 Å². The van der Waals surface area contributed by atoms with Crippen LogP contribution >= 0.6 is 0 Å². The number of nitrogens with one attached hydrogen (secondary N) is 1. The third-order valence-electron chi connectivity index (χ3n) is 3.75. The van der Waals surface area contributed by atoms with Gasteiger partial charge in [-0.15, -0.1) is 0 Å². The van der Waals surface area contributed by atoms with Crippen LogP contribution in [0.2, 0.25) is 0 Å². The Morgan fingerprint density at radius 3 is 2.29 bits per heavy atom. The Kier molecular flexibility index (Phi) is 4.73. The van der Waals surface area contributed by atoms with Crippen molar-refractivity contribution in [3.63, 3.8) is 0 Å². The van der Waals surface area contributed by atoms with E-state index in [1.165, 1.54) is 6.92 Å². The number of hydrogen-bond acceptors (Lipinski definition) is 5. The molecule has 7 nitrogen and oxygen atoms in total. The van der Waals surface area contributed by atoms with E-state index in [9.17, 15) is 19.2 Å². The Labute approximate surface area is 140 Å². The van der Waals surface area contributed by atoms with Gasteiger partial charge >= 0.3 is 12.0 Å². The Bertz CT molecular complexity index is 693. The highest BCUT2D eigenvalue weighted by atomic mass is 16.5. The summed E-state index contributed by atoms with van der Waals surface area (Å²) in [4.78, 5) is 48.7. The van der Waals surface area contributed by atoms with Crippen molar-refractivity contribution in [1.29, 1.82) is 0 Å². The van der Waals surface area contributed by atoms with Gasteiger partial charge in [0.05, 0.1) is 0 Å². The topological polar surface area (TPSA) is 92.8 Å². The van der Waals surface area contributed by atoms with Gasteiger partial charge in [-0.05, 0) is 27.7 Å². The van der Waals surface area contributed by atoms with Gasteiger partial charge in [-0.25, -0.2) is 4.79 Å². The quantitative estimate of drug-likeness (QED) is 0.500. The van der Waals surface area contributed by atoms with Crippen molar-refractivity contribution in [3.8, 4) is 0 Å². The van der Waals surface area contributed by atoms with Gasteiger partial charge in [-0.1, -0.05) is 29.8 Å². The van der Waals surface area contributed by atoms with Crippen molar-refractivity contribution < 1.29 is 23.9 Å². The van der Waals surface area contributed by atoms with Gasteiger partial charge < -0.3 is 10.1 Å². The van der Waals surface area contributed by atoms with Gasteiger partial charge in [0.25, 0.3) is 5.91 Å². The normalized spacial score (nSPS) is 17.4. The predicted molar refractivity (Wildman–Crippen MR) is 85.4 cm³/mol. The maximum Gasteiger partial charge on any atom is 0.326 e. The van der Waals surface area contributed by atoms with Crippen molar-refractivity contribution in [1.82, 2.24) is 10.2 Å². The number of nitrogens with zero attached hydrogens (tertiary/aromatic N) is 1. The molecular formula is C17H20N2O5. The molecule has 24 heavy (non-hydrogen) atoms. The molecule has 1 saturated heterocycles. The first-order valence-electron chi connectivity index (χ1n) is 7.56. The van der Waals surface area contributed by atoms with Crippen LogP contribution in [0.5, 0.6) is 0 Å². The number of esters is 1. The number of ether oxygens (including phenoxy) is 1. The average Bonchev–Trinajstić information content (AvgIpc) is 2.69. The monoisotopic (exact) mass is 332 g/mol. The van der Waals surface area contributed by atoms with E-state index in [1.54, 1.807) is 38.1 Å². The molecule has 1 fully saturated rings. The first-order chi connectivity index (χ1) is 11.1. The molecule has 2 rings (SSSR count). The van der Waals surface area contributed by atoms with E-state index in [4.69, 9.17) is 4.74 Å². The minimum Gasteiger partial charge on any atom is -0.453 e. The molecule has 1 aromatic carbocycles. The lowest BCUT2D eigenvalue weighted by atomic mass is 10.1. The minimum absolute atomic E-state index is 0.346. The third-order valence-corrected chi connectivity index (χ3v) is 3.75. The molecule has 1 aromatic rings. The zero-order valence-corrected chi connectivity index (χ0v) is 14.1. The average molecular weight is 332 g/mol. The fourth-order valence-electron chi connectivity index (χ4n) is 2.33. The van der Waals surface area contributed by atoms with Crippen LogP contribution in [0.25, 0.3) is 0 Å². The highest BCUT2D eigenvalue weighted by molar-refractivity contribution is 6.08. The third kappa shape index (κ3) is 3.61. The van der Waals surface area contributed by atoms with Crippen LogP contribution in [0.3, 0.4) is 0 Å². The number of carbonyl (C=O) groups is 4. The Morgan fingerprint density at radius 2 is 1.79 bits per heavy atom. The highest BCUT2D eigenvalue weighted by Crippen LogP contribution is 2.16. The minimum atomic E-state index is -1.05. The van der Waals surface area contributed by atoms with Crippen LogP contribution in [-0.2, 0) is 14.3 Å². The predicted octanol–water partition coefficient (Wildman–Crippen LogP) is 1.44. The summed E-state index contributed by atoms with van der Waals surface area (Å²) in [5.74, 6) is -1.67. The SMILES string of the molecule is Cc1ccc(C(=O)[C@@H](C)OC(=O)CN2C(=O)NC(C)(C)C2=O)cc1. The standard InChI is InChI=1S/C17H20N2O5/c1-10-5-7-12(8-6-10)14(21)11(2)24-13(20)9-19-15(22)17(3,4)18-16(19)23/h5-8,11H,9H2,1-4H3,(H,18,23)/t11-/m1/s1. The van der Waals surface area contributed by atoms with Crippen molar-refractivity contribution in [2.24, 2.45) is 0 Å². The summed E-state index contributed by atoms with van der Waals surface area (Å²) >= 11 is 0. The molecule has 1 heterocycles. The second-order valence-electron chi connectivity index (χ2n) is 6.31. The molecule has 0 unspecified atom stereocenters. The Balaban J connectivity index is 1.97. The summed E-state index contributed by atoms with van der Waals surface area (Å²) < 4.78 is 5.06. The molecule has 1 aliphatic rings. The van der Waals surface area contributed by atoms with Crippen molar-refractivity contribution >= 4 is 23.7 Å².